The van der Waals surface area contributed by atoms with Crippen LogP contribution in [0, 0.1) is 20.8 Å². The van der Waals surface area contributed by atoms with Crippen LogP contribution in [0.25, 0.3) is 0 Å². The lowest BCUT2D eigenvalue weighted by Gasteiger charge is -2.11. The topological polar surface area (TPSA) is 0 Å². The van der Waals surface area contributed by atoms with E-state index in [0.29, 0.717) is 0 Å². The van der Waals surface area contributed by atoms with Gasteiger partial charge in [-0.05, 0) is 43.0 Å². The third-order valence-electron chi connectivity index (χ3n) is 2.17. The quantitative estimate of drug-likeness (QED) is 0.678. The summed E-state index contributed by atoms with van der Waals surface area (Å²) in [5.41, 5.74) is 5.43. The maximum absolute atomic E-state index is 3.58. The number of hydrogen-bond donors (Lipinski definition) is 0. The van der Waals surface area contributed by atoms with E-state index in [1.54, 1.807) is 0 Å². The first-order valence-electron chi connectivity index (χ1n) is 3.89. The fourth-order valence-corrected chi connectivity index (χ4v) is 2.62. The fraction of sp³-hybridized carbons (Fsp3) is 0.400. The molecule has 12 heavy (non-hydrogen) atoms. The van der Waals surface area contributed by atoms with Gasteiger partial charge < -0.3 is 0 Å². The van der Waals surface area contributed by atoms with Crippen LogP contribution in [0.15, 0.2) is 10.5 Å². The van der Waals surface area contributed by atoms with Crippen LogP contribution in [-0.2, 0) is 5.33 Å². The molecule has 0 aliphatic heterocycles. The van der Waals surface area contributed by atoms with E-state index in [1.165, 1.54) is 26.7 Å². The average Bonchev–Trinajstić information content (AvgIpc) is 2.01. The SMILES string of the molecule is Cc1cc(C)c(CBr)c(C)c1Br. The van der Waals surface area contributed by atoms with Crippen molar-refractivity contribution in [2.75, 3.05) is 0 Å². The molecule has 0 amide bonds. The average molecular weight is 292 g/mol. The van der Waals surface area contributed by atoms with E-state index >= 15 is 0 Å². The Morgan fingerprint density at radius 1 is 1.17 bits per heavy atom. The second kappa shape index (κ2) is 3.93. The van der Waals surface area contributed by atoms with Crippen molar-refractivity contribution in [3.63, 3.8) is 0 Å². The third-order valence-corrected chi connectivity index (χ3v) is 3.95. The predicted octanol–water partition coefficient (Wildman–Crippen LogP) is 4.27. The van der Waals surface area contributed by atoms with Crippen LogP contribution >= 0.6 is 31.9 Å². The van der Waals surface area contributed by atoms with Gasteiger partial charge in [0.15, 0.2) is 0 Å². The van der Waals surface area contributed by atoms with Gasteiger partial charge in [-0.25, -0.2) is 0 Å². The Labute approximate surface area is 90.6 Å². The third kappa shape index (κ3) is 1.74. The van der Waals surface area contributed by atoms with Crippen molar-refractivity contribution in [1.82, 2.24) is 0 Å². The van der Waals surface area contributed by atoms with Crippen LogP contribution in [-0.4, -0.2) is 0 Å². The van der Waals surface area contributed by atoms with Crippen molar-refractivity contribution < 1.29 is 0 Å². The van der Waals surface area contributed by atoms with Crippen LogP contribution in [0.1, 0.15) is 22.3 Å². The van der Waals surface area contributed by atoms with E-state index in [-0.39, 0.29) is 0 Å². The number of aryl methyl sites for hydroxylation is 2. The van der Waals surface area contributed by atoms with Gasteiger partial charge in [0.25, 0.3) is 0 Å². The lowest BCUT2D eigenvalue weighted by molar-refractivity contribution is 1.20. The summed E-state index contributed by atoms with van der Waals surface area (Å²) < 4.78 is 1.24. The normalized spacial score (nSPS) is 10.4. The van der Waals surface area contributed by atoms with Crippen LogP contribution < -0.4 is 0 Å². The molecule has 0 aliphatic carbocycles. The Hall–Kier alpha value is 0.180. The first-order valence-corrected chi connectivity index (χ1v) is 5.80. The van der Waals surface area contributed by atoms with Gasteiger partial charge in [0.1, 0.15) is 0 Å². The summed E-state index contributed by atoms with van der Waals surface area (Å²) in [7, 11) is 0. The maximum atomic E-state index is 3.58. The molecule has 0 heterocycles. The largest absolute Gasteiger partial charge is 0.0876 e. The molecule has 0 bridgehead atoms. The molecular weight excluding hydrogens is 280 g/mol. The molecule has 0 saturated heterocycles. The molecule has 0 radical (unpaired) electrons. The molecule has 1 aromatic carbocycles. The zero-order chi connectivity index (χ0) is 9.30. The Morgan fingerprint density at radius 2 is 1.75 bits per heavy atom. The molecule has 0 saturated carbocycles. The second-order valence-corrected chi connectivity index (χ2v) is 4.42. The summed E-state index contributed by atoms with van der Waals surface area (Å²) in [4.78, 5) is 0. The van der Waals surface area contributed by atoms with Crippen molar-refractivity contribution >= 4 is 31.9 Å². The van der Waals surface area contributed by atoms with Gasteiger partial charge in [-0.3, -0.25) is 0 Å². The van der Waals surface area contributed by atoms with E-state index in [1.807, 2.05) is 0 Å². The molecule has 0 N–H and O–H groups in total. The summed E-state index contributed by atoms with van der Waals surface area (Å²) in [6, 6.07) is 2.22. The predicted molar refractivity (Wildman–Crippen MR) is 61.0 cm³/mol. The monoisotopic (exact) mass is 290 g/mol. The molecule has 0 aromatic heterocycles. The number of hydrogen-bond acceptors (Lipinski definition) is 0. The maximum Gasteiger partial charge on any atom is 0.0288 e. The highest BCUT2D eigenvalue weighted by Gasteiger charge is 2.06. The smallest absolute Gasteiger partial charge is 0.0288 e. The molecule has 0 aliphatic rings. The van der Waals surface area contributed by atoms with E-state index in [2.05, 4.69) is 58.7 Å². The minimum atomic E-state index is 0.934. The van der Waals surface area contributed by atoms with Gasteiger partial charge in [-0.15, -0.1) is 0 Å². The van der Waals surface area contributed by atoms with E-state index in [9.17, 15) is 0 Å². The Balaban J connectivity index is 3.40. The summed E-state index contributed by atoms with van der Waals surface area (Å²) in [6.45, 7) is 6.44. The number of rotatable bonds is 1. The van der Waals surface area contributed by atoms with Crippen LogP contribution in [0.4, 0.5) is 0 Å². The molecule has 0 spiro atoms. The summed E-state index contributed by atoms with van der Waals surface area (Å²) >= 11 is 7.08. The lowest BCUT2D eigenvalue weighted by atomic mass is 10.0. The van der Waals surface area contributed by atoms with Crippen LogP contribution in [0.2, 0.25) is 0 Å². The van der Waals surface area contributed by atoms with Crippen LogP contribution in [0.3, 0.4) is 0 Å². The molecule has 0 unspecified atom stereocenters. The minimum Gasteiger partial charge on any atom is -0.0876 e. The molecule has 1 aromatic rings. The standard InChI is InChI=1S/C10H12Br2/c1-6-4-7(2)10(12)8(3)9(6)5-11/h4H,5H2,1-3H3. The highest BCUT2D eigenvalue weighted by Crippen LogP contribution is 2.28. The van der Waals surface area contributed by atoms with Gasteiger partial charge in [0.05, 0.1) is 0 Å². The molecule has 1 rings (SSSR count). The highest BCUT2D eigenvalue weighted by molar-refractivity contribution is 9.10. The van der Waals surface area contributed by atoms with Crippen molar-refractivity contribution in [3.8, 4) is 0 Å². The number of benzene rings is 1. The molecule has 2 heteroatoms. The molecule has 66 valence electrons. The van der Waals surface area contributed by atoms with Crippen molar-refractivity contribution in [2.45, 2.75) is 26.1 Å². The number of alkyl halides is 1. The van der Waals surface area contributed by atoms with Gasteiger partial charge in [0.2, 0.25) is 0 Å². The zero-order valence-electron chi connectivity index (χ0n) is 7.54. The molecule has 0 fully saturated rings. The fourth-order valence-electron chi connectivity index (χ4n) is 1.40. The summed E-state index contributed by atoms with van der Waals surface area (Å²) in [6.07, 6.45) is 0. The van der Waals surface area contributed by atoms with Gasteiger partial charge in [-0.1, -0.05) is 37.9 Å². The van der Waals surface area contributed by atoms with E-state index in [4.69, 9.17) is 0 Å². The molecular formula is C10H12Br2. The zero-order valence-corrected chi connectivity index (χ0v) is 10.7. The first-order chi connectivity index (χ1) is 5.57. The van der Waals surface area contributed by atoms with E-state index < -0.39 is 0 Å². The number of halogens is 2. The van der Waals surface area contributed by atoms with E-state index in [0.717, 1.165) is 5.33 Å². The summed E-state index contributed by atoms with van der Waals surface area (Å²) in [5.74, 6) is 0. The van der Waals surface area contributed by atoms with Gasteiger partial charge >= 0.3 is 0 Å². The first kappa shape index (κ1) is 10.3. The Morgan fingerprint density at radius 3 is 2.25 bits per heavy atom. The molecule has 0 atom stereocenters. The van der Waals surface area contributed by atoms with Gasteiger partial charge in [0, 0.05) is 9.80 Å². The Bertz CT molecular complexity index is 303. The van der Waals surface area contributed by atoms with Crippen molar-refractivity contribution in [1.29, 1.82) is 0 Å². The minimum absolute atomic E-state index is 0.934. The second-order valence-electron chi connectivity index (χ2n) is 3.06. The molecule has 0 nitrogen and oxygen atoms in total. The van der Waals surface area contributed by atoms with Gasteiger partial charge in [-0.2, -0.15) is 0 Å². The van der Waals surface area contributed by atoms with Crippen molar-refractivity contribution in [3.05, 3.63) is 32.8 Å². The van der Waals surface area contributed by atoms with Crippen LogP contribution in [0.5, 0.6) is 0 Å². The lowest BCUT2D eigenvalue weighted by Crippen LogP contribution is -1.93. The highest BCUT2D eigenvalue weighted by atomic mass is 79.9. The Kier molecular flexibility index (Phi) is 3.36. The van der Waals surface area contributed by atoms with Crippen molar-refractivity contribution in [2.24, 2.45) is 0 Å². The summed E-state index contributed by atoms with van der Waals surface area (Å²) in [5, 5.41) is 0.934.